The van der Waals surface area contributed by atoms with Crippen LogP contribution >= 0.6 is 0 Å². The molecule has 3 nitrogen and oxygen atoms in total. The second kappa shape index (κ2) is 4.43. The second-order valence-electron chi connectivity index (χ2n) is 3.45. The normalized spacial score (nSPS) is 12.3. The fraction of sp³-hybridized carbons (Fsp3) is 0.300. The molecule has 0 bridgehead atoms. The maximum atomic E-state index is 13.0. The summed E-state index contributed by atoms with van der Waals surface area (Å²) in [5, 5.41) is 8.56. The van der Waals surface area contributed by atoms with Gasteiger partial charge in [-0.3, -0.25) is 0 Å². The topological polar surface area (TPSA) is 40.5 Å². The van der Waals surface area contributed by atoms with Crippen LogP contribution in [0.3, 0.4) is 0 Å². The molecule has 18 heavy (non-hydrogen) atoms. The first kappa shape index (κ1) is 14.2. The molecular weight excluding hydrogens is 261 g/mol. The number of hydrogen-bond acceptors (Lipinski definition) is 2. The maximum Gasteiger partial charge on any atom is 0.475 e. The van der Waals surface area contributed by atoms with E-state index in [1.807, 2.05) is 0 Å². The van der Waals surface area contributed by atoms with Crippen LogP contribution in [0.25, 0.3) is 0 Å². The van der Waals surface area contributed by atoms with E-state index < -0.39 is 23.9 Å². The zero-order chi connectivity index (χ0) is 14.1. The Hall–Kier alpha value is -1.86. The van der Waals surface area contributed by atoms with Gasteiger partial charge < -0.3 is 10.0 Å². The Kier molecular flexibility index (Phi) is 3.50. The van der Waals surface area contributed by atoms with Crippen LogP contribution < -0.4 is 4.90 Å². The van der Waals surface area contributed by atoms with Crippen LogP contribution in [0.2, 0.25) is 0 Å². The van der Waals surface area contributed by atoms with Crippen molar-refractivity contribution in [2.45, 2.75) is 12.2 Å². The van der Waals surface area contributed by atoms with E-state index in [0.29, 0.717) is 7.05 Å². The number of nitrogens with zero attached hydrogens (tertiary/aromatic N) is 1. The summed E-state index contributed by atoms with van der Waals surface area (Å²) in [4.78, 5) is 10.2. The molecule has 0 fully saturated rings. The van der Waals surface area contributed by atoms with Gasteiger partial charge in [-0.2, -0.15) is 22.0 Å². The number of aromatic carboxylic acids is 1. The minimum Gasteiger partial charge on any atom is -0.478 e. The van der Waals surface area contributed by atoms with E-state index in [-0.39, 0.29) is 10.5 Å². The lowest BCUT2D eigenvalue weighted by molar-refractivity contribution is -0.280. The Morgan fingerprint density at radius 2 is 1.56 bits per heavy atom. The smallest absolute Gasteiger partial charge is 0.475 e. The quantitative estimate of drug-likeness (QED) is 0.677. The first-order valence-electron chi connectivity index (χ1n) is 4.59. The van der Waals surface area contributed by atoms with Crippen molar-refractivity contribution < 1.29 is 31.9 Å². The molecule has 100 valence electrons. The summed E-state index contributed by atoms with van der Waals surface area (Å²) in [6.45, 7) is 0. The van der Waals surface area contributed by atoms with Gasteiger partial charge in [-0.15, -0.1) is 0 Å². The number of anilines is 1. The predicted molar refractivity (Wildman–Crippen MR) is 52.8 cm³/mol. The number of carbonyl (C=O) groups is 1. The molecule has 0 atom stereocenters. The van der Waals surface area contributed by atoms with Crippen LogP contribution in [0.4, 0.5) is 27.6 Å². The molecule has 1 aromatic rings. The molecule has 1 N–H and O–H groups in total. The van der Waals surface area contributed by atoms with Gasteiger partial charge in [-0.1, -0.05) is 0 Å². The van der Waals surface area contributed by atoms with Crippen molar-refractivity contribution in [1.82, 2.24) is 0 Å². The Labute approximate surface area is 98.4 Å². The van der Waals surface area contributed by atoms with Gasteiger partial charge in [-0.25, -0.2) is 4.79 Å². The monoisotopic (exact) mass is 269 g/mol. The van der Waals surface area contributed by atoms with Crippen molar-refractivity contribution >= 4 is 11.7 Å². The van der Waals surface area contributed by atoms with Crippen LogP contribution in [0.5, 0.6) is 0 Å². The van der Waals surface area contributed by atoms with Crippen LogP contribution in [-0.4, -0.2) is 30.3 Å². The molecule has 0 aliphatic heterocycles. The van der Waals surface area contributed by atoms with Crippen LogP contribution in [0.1, 0.15) is 10.4 Å². The third-order valence-corrected chi connectivity index (χ3v) is 2.26. The summed E-state index contributed by atoms with van der Waals surface area (Å²) in [6.07, 6.45) is -5.72. The molecule has 1 aromatic carbocycles. The van der Waals surface area contributed by atoms with Crippen LogP contribution in [0, 0.1) is 0 Å². The molecule has 0 radical (unpaired) electrons. The summed E-state index contributed by atoms with van der Waals surface area (Å²) in [6, 6.07) is -1.38. The average Bonchev–Trinajstić information content (AvgIpc) is 2.26. The van der Waals surface area contributed by atoms with E-state index in [4.69, 9.17) is 5.11 Å². The van der Waals surface area contributed by atoms with Crippen molar-refractivity contribution in [1.29, 1.82) is 0 Å². The third-order valence-electron chi connectivity index (χ3n) is 2.26. The van der Waals surface area contributed by atoms with Gasteiger partial charge in [0.15, 0.2) is 0 Å². The van der Waals surface area contributed by atoms with E-state index in [9.17, 15) is 26.7 Å². The zero-order valence-electron chi connectivity index (χ0n) is 9.00. The van der Waals surface area contributed by atoms with Gasteiger partial charge >= 0.3 is 18.2 Å². The third kappa shape index (κ3) is 2.52. The second-order valence-corrected chi connectivity index (χ2v) is 3.45. The number of carboxylic acid groups (broad SMARTS) is 1. The average molecular weight is 269 g/mol. The molecule has 0 aliphatic rings. The van der Waals surface area contributed by atoms with Gasteiger partial charge in [0.1, 0.15) is 0 Å². The van der Waals surface area contributed by atoms with Crippen LogP contribution in [-0.2, 0) is 0 Å². The number of alkyl halides is 5. The largest absolute Gasteiger partial charge is 0.478 e. The molecule has 0 saturated carbocycles. The Balaban J connectivity index is 3.04. The molecule has 0 spiro atoms. The number of carboxylic acids is 1. The van der Waals surface area contributed by atoms with Crippen LogP contribution in [0.15, 0.2) is 24.3 Å². The minimum absolute atomic E-state index is 0.206. The Bertz CT molecular complexity index is 441. The SMILES string of the molecule is CN(c1ccc(C(=O)O)cc1)C(F)(F)C(F)(F)F. The number of hydrogen-bond donors (Lipinski definition) is 1. The lowest BCUT2D eigenvalue weighted by Crippen LogP contribution is -2.50. The van der Waals surface area contributed by atoms with E-state index in [1.165, 1.54) is 0 Å². The minimum atomic E-state index is -5.72. The van der Waals surface area contributed by atoms with Gasteiger partial charge in [-0.05, 0) is 24.3 Å². The van der Waals surface area contributed by atoms with E-state index in [1.54, 1.807) is 0 Å². The Morgan fingerprint density at radius 1 is 1.11 bits per heavy atom. The molecule has 1 rings (SSSR count). The maximum absolute atomic E-state index is 13.0. The summed E-state index contributed by atoms with van der Waals surface area (Å²) < 4.78 is 62.2. The highest BCUT2D eigenvalue weighted by Gasteiger charge is 2.61. The molecule has 0 aliphatic carbocycles. The Morgan fingerprint density at radius 3 is 1.89 bits per heavy atom. The lowest BCUT2D eigenvalue weighted by atomic mass is 10.2. The van der Waals surface area contributed by atoms with E-state index in [2.05, 4.69) is 0 Å². The molecule has 0 unspecified atom stereocenters. The standard InChI is InChI=1S/C10H8F5NO2/c1-16(10(14,15)9(11,12)13)7-4-2-6(3-5-7)8(17)18/h2-5H,1H3,(H,17,18). The number of benzene rings is 1. The van der Waals surface area contributed by atoms with E-state index in [0.717, 1.165) is 24.3 Å². The van der Waals surface area contributed by atoms with Gasteiger partial charge in [0.05, 0.1) is 5.56 Å². The first-order chi connectivity index (χ1) is 8.07. The predicted octanol–water partition coefficient (Wildman–Crippen LogP) is 2.98. The summed E-state index contributed by atoms with van der Waals surface area (Å²) in [5.41, 5.74) is -0.648. The first-order valence-corrected chi connectivity index (χ1v) is 4.59. The van der Waals surface area contributed by atoms with Crippen molar-refractivity contribution in [2.24, 2.45) is 0 Å². The highest BCUT2D eigenvalue weighted by molar-refractivity contribution is 5.88. The highest BCUT2D eigenvalue weighted by atomic mass is 19.4. The molecule has 8 heteroatoms. The van der Waals surface area contributed by atoms with Crippen molar-refractivity contribution in [3.63, 3.8) is 0 Å². The molecule has 0 amide bonds. The van der Waals surface area contributed by atoms with Crippen molar-refractivity contribution in [3.05, 3.63) is 29.8 Å². The van der Waals surface area contributed by atoms with Crippen molar-refractivity contribution in [2.75, 3.05) is 11.9 Å². The zero-order valence-corrected chi connectivity index (χ0v) is 9.00. The highest BCUT2D eigenvalue weighted by Crippen LogP contribution is 2.39. The molecule has 0 heterocycles. The molecular formula is C10H8F5NO2. The van der Waals surface area contributed by atoms with E-state index >= 15 is 0 Å². The summed E-state index contributed by atoms with van der Waals surface area (Å²) in [5.74, 6) is -1.30. The summed E-state index contributed by atoms with van der Waals surface area (Å²) in [7, 11) is 0.573. The molecule has 0 saturated heterocycles. The number of rotatable bonds is 3. The van der Waals surface area contributed by atoms with Crippen molar-refractivity contribution in [3.8, 4) is 0 Å². The van der Waals surface area contributed by atoms with Gasteiger partial charge in [0.25, 0.3) is 0 Å². The fourth-order valence-corrected chi connectivity index (χ4v) is 1.18. The lowest BCUT2D eigenvalue weighted by Gasteiger charge is -2.30. The van der Waals surface area contributed by atoms with Gasteiger partial charge in [0.2, 0.25) is 0 Å². The molecule has 0 aromatic heterocycles. The summed E-state index contributed by atoms with van der Waals surface area (Å²) >= 11 is 0. The fourth-order valence-electron chi connectivity index (χ4n) is 1.18. The number of halogens is 5. The van der Waals surface area contributed by atoms with Gasteiger partial charge in [0, 0.05) is 12.7 Å².